The van der Waals surface area contributed by atoms with Crippen LogP contribution in [0.5, 0.6) is 0 Å². The molecule has 0 radical (unpaired) electrons. The maximum absolute atomic E-state index is 13.3. The number of benzene rings is 3. The SMILES string of the molecule is Cc1ccc2c(c1)C(=O)/C(=C/c1cc3c(s1)N(c1c(C(C)C)cccc1C(C)C)c1ccccc1C3(C)C)C2=O. The lowest BCUT2D eigenvalue weighted by atomic mass is 9.75. The van der Waals surface area contributed by atoms with Gasteiger partial charge in [0.15, 0.2) is 11.6 Å². The lowest BCUT2D eigenvalue weighted by molar-refractivity contribution is 0.0990. The minimum atomic E-state index is -0.246. The Morgan fingerprint density at radius 1 is 0.775 bits per heavy atom. The van der Waals surface area contributed by atoms with E-state index in [9.17, 15) is 9.59 Å². The van der Waals surface area contributed by atoms with Crippen LogP contribution in [0.2, 0.25) is 0 Å². The van der Waals surface area contributed by atoms with Gasteiger partial charge in [-0.1, -0.05) is 95.6 Å². The summed E-state index contributed by atoms with van der Waals surface area (Å²) in [5.74, 6) is 0.327. The molecule has 0 spiro atoms. The predicted octanol–water partition coefficient (Wildman–Crippen LogP) is 9.88. The number of hydrogen-bond donors (Lipinski definition) is 0. The lowest BCUT2D eigenvalue weighted by Gasteiger charge is -2.41. The van der Waals surface area contributed by atoms with Crippen LogP contribution in [0, 0.1) is 6.92 Å². The summed E-state index contributed by atoms with van der Waals surface area (Å²) in [6, 6.07) is 23.1. The summed E-state index contributed by atoms with van der Waals surface area (Å²) in [4.78, 5) is 30.0. The Kier molecular flexibility index (Phi) is 6.23. The first-order chi connectivity index (χ1) is 19.0. The second-order valence-corrected chi connectivity index (χ2v) is 13.3. The molecule has 0 amide bonds. The summed E-state index contributed by atoms with van der Waals surface area (Å²) in [5, 5.41) is 1.15. The number of carbonyl (C=O) groups is 2. The molecule has 4 heteroatoms. The number of aryl methyl sites for hydroxylation is 1. The van der Waals surface area contributed by atoms with Gasteiger partial charge in [-0.25, -0.2) is 0 Å². The lowest BCUT2D eigenvalue weighted by Crippen LogP contribution is -2.30. The van der Waals surface area contributed by atoms with E-state index in [4.69, 9.17) is 0 Å². The standard InChI is InChI=1S/C36H35NO2S/c1-20(2)24-11-10-12-25(21(3)4)32(24)37-31-14-9-8-13-29(31)36(6,7)30-19-23(40-35(30)37)18-28-33(38)26-16-15-22(5)17-27(26)34(28)39/h8-21H,1-7H3/b28-18+. The van der Waals surface area contributed by atoms with E-state index in [1.165, 1.54) is 33.6 Å². The van der Waals surface area contributed by atoms with E-state index < -0.39 is 0 Å². The fraction of sp³-hybridized carbons (Fsp3) is 0.278. The second-order valence-electron chi connectivity index (χ2n) is 12.2. The number of thiophene rings is 1. The molecule has 0 saturated heterocycles. The predicted molar refractivity (Wildman–Crippen MR) is 167 cm³/mol. The highest BCUT2D eigenvalue weighted by Crippen LogP contribution is 2.57. The molecule has 0 unspecified atom stereocenters. The molecule has 3 aromatic carbocycles. The van der Waals surface area contributed by atoms with Crippen LogP contribution in [-0.4, -0.2) is 11.6 Å². The third-order valence-corrected chi connectivity index (χ3v) is 9.50. The maximum atomic E-state index is 13.3. The van der Waals surface area contributed by atoms with Gasteiger partial charge in [-0.3, -0.25) is 9.59 Å². The first kappa shape index (κ1) is 26.5. The molecule has 40 heavy (non-hydrogen) atoms. The van der Waals surface area contributed by atoms with Crippen molar-refractivity contribution in [2.45, 2.75) is 65.7 Å². The summed E-state index contributed by atoms with van der Waals surface area (Å²) in [6.07, 6.45) is 1.82. The normalized spacial score (nSPS) is 16.6. The minimum Gasteiger partial charge on any atom is -0.301 e. The van der Waals surface area contributed by atoms with Gasteiger partial charge in [0.05, 0.1) is 16.9 Å². The van der Waals surface area contributed by atoms with Crippen LogP contribution >= 0.6 is 11.3 Å². The van der Waals surface area contributed by atoms with Crippen molar-refractivity contribution in [1.29, 1.82) is 0 Å². The summed E-state index contributed by atoms with van der Waals surface area (Å²) >= 11 is 1.66. The van der Waals surface area contributed by atoms with Gasteiger partial charge in [0, 0.05) is 21.4 Å². The van der Waals surface area contributed by atoms with Crippen LogP contribution in [0.4, 0.5) is 16.4 Å². The van der Waals surface area contributed by atoms with Crippen LogP contribution in [0.1, 0.15) is 107 Å². The fourth-order valence-corrected chi connectivity index (χ4v) is 7.52. The van der Waals surface area contributed by atoms with Gasteiger partial charge in [-0.15, -0.1) is 11.3 Å². The first-order valence-electron chi connectivity index (χ1n) is 14.1. The Bertz CT molecular complexity index is 1710. The highest BCUT2D eigenvalue weighted by atomic mass is 32.1. The highest BCUT2D eigenvalue weighted by Gasteiger charge is 2.40. The summed E-state index contributed by atoms with van der Waals surface area (Å²) in [7, 11) is 0. The van der Waals surface area contributed by atoms with E-state index >= 15 is 0 Å². The number of ketones is 2. The summed E-state index contributed by atoms with van der Waals surface area (Å²) < 4.78 is 0. The number of Topliss-reactive ketones (excluding diaryl/α,β-unsaturated/α-hetero) is 2. The van der Waals surface area contributed by atoms with Crippen LogP contribution < -0.4 is 4.90 Å². The Hall–Kier alpha value is -3.76. The Morgan fingerprint density at radius 2 is 1.43 bits per heavy atom. The monoisotopic (exact) mass is 545 g/mol. The first-order valence-corrected chi connectivity index (χ1v) is 14.9. The molecule has 0 bridgehead atoms. The van der Waals surface area contributed by atoms with Crippen LogP contribution in [-0.2, 0) is 5.41 Å². The van der Waals surface area contributed by atoms with E-state index in [0.717, 1.165) is 15.4 Å². The Labute approximate surface area is 241 Å². The quantitative estimate of drug-likeness (QED) is 0.189. The Balaban J connectivity index is 1.59. The van der Waals surface area contributed by atoms with Gasteiger partial charge in [-0.2, -0.15) is 0 Å². The molecule has 0 fully saturated rings. The maximum Gasteiger partial charge on any atom is 0.197 e. The molecule has 0 saturated carbocycles. The smallest absolute Gasteiger partial charge is 0.197 e. The minimum absolute atomic E-state index is 0.179. The van der Waals surface area contributed by atoms with Crippen LogP contribution in [0.3, 0.4) is 0 Å². The third kappa shape index (κ3) is 3.92. The van der Waals surface area contributed by atoms with Crippen LogP contribution in [0.25, 0.3) is 6.08 Å². The van der Waals surface area contributed by atoms with Crippen molar-refractivity contribution in [3.8, 4) is 0 Å². The molecule has 202 valence electrons. The van der Waals surface area contributed by atoms with E-state index in [1.807, 2.05) is 25.1 Å². The molecule has 0 atom stereocenters. The molecule has 2 aliphatic rings. The van der Waals surface area contributed by atoms with Crippen molar-refractivity contribution in [1.82, 2.24) is 0 Å². The molecule has 4 aromatic rings. The fourth-order valence-electron chi connectivity index (χ4n) is 6.24. The van der Waals surface area contributed by atoms with E-state index in [0.29, 0.717) is 23.0 Å². The van der Waals surface area contributed by atoms with Crippen LogP contribution in [0.15, 0.2) is 72.3 Å². The van der Waals surface area contributed by atoms with Crippen molar-refractivity contribution in [3.05, 3.63) is 116 Å². The number of anilines is 3. The van der Waals surface area contributed by atoms with E-state index in [2.05, 4.69) is 95.0 Å². The average Bonchev–Trinajstić information content (AvgIpc) is 3.44. The van der Waals surface area contributed by atoms with Crippen molar-refractivity contribution in [3.63, 3.8) is 0 Å². The summed E-state index contributed by atoms with van der Waals surface area (Å²) in [6.45, 7) is 15.5. The molecular weight excluding hydrogens is 510 g/mol. The van der Waals surface area contributed by atoms with Crippen molar-refractivity contribution in [2.75, 3.05) is 4.90 Å². The topological polar surface area (TPSA) is 37.4 Å². The third-order valence-electron chi connectivity index (χ3n) is 8.43. The van der Waals surface area contributed by atoms with Gasteiger partial charge >= 0.3 is 0 Å². The number of fused-ring (bicyclic) bond motifs is 3. The number of allylic oxidation sites excluding steroid dienone is 1. The summed E-state index contributed by atoms with van der Waals surface area (Å²) in [5.41, 5.74) is 9.54. The van der Waals surface area contributed by atoms with Crippen molar-refractivity contribution >= 4 is 45.4 Å². The molecule has 2 heterocycles. The average molecular weight is 546 g/mol. The van der Waals surface area contributed by atoms with Crippen molar-refractivity contribution < 1.29 is 9.59 Å². The number of rotatable bonds is 4. The number of nitrogens with zero attached hydrogens (tertiary/aromatic N) is 1. The molecule has 6 rings (SSSR count). The van der Waals surface area contributed by atoms with E-state index in [-0.39, 0.29) is 22.6 Å². The van der Waals surface area contributed by atoms with Gasteiger partial charge in [0.2, 0.25) is 0 Å². The number of hydrogen-bond acceptors (Lipinski definition) is 4. The molecule has 1 aliphatic carbocycles. The Morgan fingerprint density at radius 3 is 2.10 bits per heavy atom. The largest absolute Gasteiger partial charge is 0.301 e. The molecule has 1 aliphatic heterocycles. The van der Waals surface area contributed by atoms with Gasteiger partial charge < -0.3 is 4.90 Å². The molecule has 1 aromatic heterocycles. The zero-order chi connectivity index (χ0) is 28.5. The molecule has 3 nitrogen and oxygen atoms in total. The van der Waals surface area contributed by atoms with Gasteiger partial charge in [0.1, 0.15) is 5.00 Å². The molecular formula is C36H35NO2S. The zero-order valence-electron chi connectivity index (χ0n) is 24.3. The second kappa shape index (κ2) is 9.42. The number of carbonyl (C=O) groups excluding carboxylic acids is 2. The van der Waals surface area contributed by atoms with Crippen molar-refractivity contribution in [2.24, 2.45) is 0 Å². The van der Waals surface area contributed by atoms with Gasteiger partial charge in [-0.05, 0) is 65.3 Å². The molecule has 0 N–H and O–H groups in total. The van der Waals surface area contributed by atoms with E-state index in [1.54, 1.807) is 17.4 Å². The highest BCUT2D eigenvalue weighted by molar-refractivity contribution is 7.17. The zero-order valence-corrected chi connectivity index (χ0v) is 25.1. The number of para-hydroxylation sites is 2. The van der Waals surface area contributed by atoms with Gasteiger partial charge in [0.25, 0.3) is 0 Å².